The number of hydrogen-bond donors (Lipinski definition) is 1. The SMILES string of the molecule is CC[C@H](C(=O)NC(C)C)N(CCc1ccccc1)C(=O)CN(c1ccc(C)cc1)S(=O)(=O)c1ccc(OC)c(Br)c1. The van der Waals surface area contributed by atoms with Gasteiger partial charge in [0.2, 0.25) is 11.8 Å². The average Bonchev–Trinajstić information content (AvgIpc) is 2.94. The van der Waals surface area contributed by atoms with E-state index in [0.29, 0.717) is 28.8 Å². The lowest BCUT2D eigenvalue weighted by molar-refractivity contribution is -0.139. The van der Waals surface area contributed by atoms with Gasteiger partial charge in [-0.3, -0.25) is 13.9 Å². The summed E-state index contributed by atoms with van der Waals surface area (Å²) in [5.41, 5.74) is 2.31. The molecule has 3 rings (SSSR count). The van der Waals surface area contributed by atoms with E-state index in [0.717, 1.165) is 15.4 Å². The molecule has 0 spiro atoms. The van der Waals surface area contributed by atoms with Crippen LogP contribution >= 0.6 is 15.9 Å². The van der Waals surface area contributed by atoms with Crippen molar-refractivity contribution in [1.29, 1.82) is 0 Å². The highest BCUT2D eigenvalue weighted by atomic mass is 79.9. The Bertz CT molecular complexity index is 1430. The third kappa shape index (κ3) is 8.33. The molecule has 0 fully saturated rings. The molecular weight excluding hydrogens is 606 g/mol. The lowest BCUT2D eigenvalue weighted by atomic mass is 10.1. The first-order valence-corrected chi connectivity index (χ1v) is 15.8. The number of aryl methyl sites for hydroxylation is 1. The maximum Gasteiger partial charge on any atom is 0.264 e. The summed E-state index contributed by atoms with van der Waals surface area (Å²) in [6.07, 6.45) is 0.891. The molecule has 1 N–H and O–H groups in total. The van der Waals surface area contributed by atoms with Crippen LogP contribution in [0.3, 0.4) is 0 Å². The standard InChI is InChI=1S/C31H38BrN3O5S/c1-6-28(31(37)33-22(2)3)34(19-18-24-10-8-7-9-11-24)30(36)21-35(25-14-12-23(4)13-15-25)41(38,39)26-16-17-29(40-5)27(32)20-26/h7-17,20,22,28H,6,18-19,21H2,1-5H3,(H,33,37)/t28-/m1/s1. The maximum absolute atomic E-state index is 14.1. The van der Waals surface area contributed by atoms with E-state index < -0.39 is 28.5 Å². The van der Waals surface area contributed by atoms with Gasteiger partial charge in [-0.25, -0.2) is 8.42 Å². The first-order valence-electron chi connectivity index (χ1n) is 13.5. The fourth-order valence-electron chi connectivity index (χ4n) is 4.45. The number of rotatable bonds is 13. The van der Waals surface area contributed by atoms with E-state index in [2.05, 4.69) is 21.2 Å². The quantitative estimate of drug-likeness (QED) is 0.271. The number of carbonyl (C=O) groups is 2. The number of carbonyl (C=O) groups excluding carboxylic acids is 2. The predicted octanol–water partition coefficient (Wildman–Crippen LogP) is 5.34. The summed E-state index contributed by atoms with van der Waals surface area (Å²) < 4.78 is 34.9. The third-order valence-electron chi connectivity index (χ3n) is 6.61. The average molecular weight is 645 g/mol. The van der Waals surface area contributed by atoms with E-state index in [1.165, 1.54) is 24.1 Å². The van der Waals surface area contributed by atoms with Crippen LogP contribution in [0.5, 0.6) is 5.75 Å². The minimum atomic E-state index is -4.18. The molecule has 0 unspecified atom stereocenters. The molecule has 0 bridgehead atoms. The van der Waals surface area contributed by atoms with Gasteiger partial charge < -0.3 is 15.0 Å². The Morgan fingerprint density at radius 2 is 1.66 bits per heavy atom. The van der Waals surface area contributed by atoms with Gasteiger partial charge >= 0.3 is 0 Å². The monoisotopic (exact) mass is 643 g/mol. The molecule has 3 aromatic carbocycles. The van der Waals surface area contributed by atoms with E-state index in [-0.39, 0.29) is 23.4 Å². The third-order valence-corrected chi connectivity index (χ3v) is 9.00. The molecule has 8 nitrogen and oxygen atoms in total. The van der Waals surface area contributed by atoms with Crippen LogP contribution in [0.15, 0.2) is 82.2 Å². The molecule has 2 amide bonds. The summed E-state index contributed by atoms with van der Waals surface area (Å²) in [5.74, 6) is -0.257. The molecule has 0 heterocycles. The minimum absolute atomic E-state index is 0.000946. The maximum atomic E-state index is 14.1. The first kappa shape index (κ1) is 32.1. The molecule has 0 aliphatic carbocycles. The van der Waals surface area contributed by atoms with Gasteiger partial charge in [0, 0.05) is 12.6 Å². The van der Waals surface area contributed by atoms with Crippen LogP contribution in [-0.4, -0.2) is 57.4 Å². The zero-order chi connectivity index (χ0) is 30.2. The van der Waals surface area contributed by atoms with Gasteiger partial charge in [0.15, 0.2) is 0 Å². The van der Waals surface area contributed by atoms with Crippen LogP contribution in [-0.2, 0) is 26.0 Å². The fourth-order valence-corrected chi connectivity index (χ4v) is 6.58. The normalized spacial score (nSPS) is 12.1. The van der Waals surface area contributed by atoms with Gasteiger partial charge in [-0.2, -0.15) is 0 Å². The summed E-state index contributed by atoms with van der Waals surface area (Å²) in [6, 6.07) is 20.2. The number of amides is 2. The molecule has 220 valence electrons. The molecule has 0 saturated heterocycles. The van der Waals surface area contributed by atoms with Gasteiger partial charge in [0.05, 0.1) is 22.2 Å². The summed E-state index contributed by atoms with van der Waals surface area (Å²) in [4.78, 5) is 28.8. The molecule has 1 atom stereocenters. The number of nitrogens with zero attached hydrogens (tertiary/aromatic N) is 2. The van der Waals surface area contributed by atoms with E-state index >= 15 is 0 Å². The summed E-state index contributed by atoms with van der Waals surface area (Å²) >= 11 is 3.37. The van der Waals surface area contributed by atoms with Gasteiger partial charge in [-0.15, -0.1) is 0 Å². The van der Waals surface area contributed by atoms with E-state index in [9.17, 15) is 18.0 Å². The van der Waals surface area contributed by atoms with E-state index in [4.69, 9.17) is 4.74 Å². The molecule has 3 aromatic rings. The van der Waals surface area contributed by atoms with Gasteiger partial charge in [0.25, 0.3) is 10.0 Å². The molecule has 0 saturated carbocycles. The molecule has 0 aliphatic rings. The Labute approximate surface area is 251 Å². The highest BCUT2D eigenvalue weighted by molar-refractivity contribution is 9.10. The van der Waals surface area contributed by atoms with Gasteiger partial charge in [-0.05, 0) is 85.4 Å². The van der Waals surface area contributed by atoms with Crippen molar-refractivity contribution in [3.05, 3.63) is 88.4 Å². The van der Waals surface area contributed by atoms with Crippen molar-refractivity contribution in [2.45, 2.75) is 57.5 Å². The highest BCUT2D eigenvalue weighted by Gasteiger charge is 2.33. The number of benzene rings is 3. The lowest BCUT2D eigenvalue weighted by Gasteiger charge is -2.33. The summed E-state index contributed by atoms with van der Waals surface area (Å²) in [7, 11) is -2.69. The Hall–Kier alpha value is -3.37. The van der Waals surface area contributed by atoms with Crippen LogP contribution in [0.4, 0.5) is 5.69 Å². The second-order valence-electron chi connectivity index (χ2n) is 10.1. The van der Waals surface area contributed by atoms with Crippen molar-refractivity contribution >= 4 is 43.5 Å². The van der Waals surface area contributed by atoms with Gasteiger partial charge in [0.1, 0.15) is 18.3 Å². The number of sulfonamides is 1. The molecule has 0 radical (unpaired) electrons. The molecule has 10 heteroatoms. The van der Waals surface area contributed by atoms with Crippen molar-refractivity contribution in [3.8, 4) is 5.75 Å². The molecule has 41 heavy (non-hydrogen) atoms. The predicted molar refractivity (Wildman–Crippen MR) is 166 cm³/mol. The van der Waals surface area contributed by atoms with Crippen LogP contribution in [0.25, 0.3) is 0 Å². The number of halogens is 1. The van der Waals surface area contributed by atoms with E-state index in [1.54, 1.807) is 30.3 Å². The Morgan fingerprint density at radius 1 is 1.00 bits per heavy atom. The number of ether oxygens (including phenoxy) is 1. The summed E-state index contributed by atoms with van der Waals surface area (Å²) in [5, 5.41) is 2.91. The largest absolute Gasteiger partial charge is 0.496 e. The minimum Gasteiger partial charge on any atom is -0.496 e. The Balaban J connectivity index is 2.03. The second-order valence-corrected chi connectivity index (χ2v) is 12.8. The summed E-state index contributed by atoms with van der Waals surface area (Å²) in [6.45, 7) is 7.24. The zero-order valence-electron chi connectivity index (χ0n) is 24.1. The van der Waals surface area contributed by atoms with E-state index in [1.807, 2.05) is 58.0 Å². The molecule has 0 aliphatic heterocycles. The molecular formula is C31H38BrN3O5S. The van der Waals surface area contributed by atoms with Crippen LogP contribution in [0.1, 0.15) is 38.3 Å². The number of hydrogen-bond acceptors (Lipinski definition) is 5. The second kappa shape index (κ2) is 14.5. The Kier molecular flexibility index (Phi) is 11.4. The van der Waals surface area contributed by atoms with Crippen molar-refractivity contribution in [2.24, 2.45) is 0 Å². The zero-order valence-corrected chi connectivity index (χ0v) is 26.5. The van der Waals surface area contributed by atoms with Crippen molar-refractivity contribution < 1.29 is 22.7 Å². The number of methoxy groups -OCH3 is 1. The van der Waals surface area contributed by atoms with Crippen molar-refractivity contribution in [3.63, 3.8) is 0 Å². The Morgan fingerprint density at radius 3 is 2.22 bits per heavy atom. The van der Waals surface area contributed by atoms with Crippen molar-refractivity contribution in [2.75, 3.05) is 24.5 Å². The number of nitrogens with one attached hydrogen (secondary N) is 1. The highest BCUT2D eigenvalue weighted by Crippen LogP contribution is 2.31. The van der Waals surface area contributed by atoms with Gasteiger partial charge in [-0.1, -0.05) is 55.0 Å². The van der Waals surface area contributed by atoms with Crippen molar-refractivity contribution in [1.82, 2.24) is 10.2 Å². The van der Waals surface area contributed by atoms with Crippen LogP contribution in [0.2, 0.25) is 0 Å². The topological polar surface area (TPSA) is 96.0 Å². The molecule has 0 aromatic heterocycles. The van der Waals surface area contributed by atoms with Crippen LogP contribution < -0.4 is 14.4 Å². The van der Waals surface area contributed by atoms with Crippen LogP contribution in [0, 0.1) is 6.92 Å². The number of anilines is 1. The fraction of sp³-hybridized carbons (Fsp3) is 0.355. The lowest BCUT2D eigenvalue weighted by Crippen LogP contribution is -2.54. The smallest absolute Gasteiger partial charge is 0.264 e. The first-order chi connectivity index (χ1) is 19.5.